The molecule has 0 radical (unpaired) electrons. The molecular weight excluding hydrogens is 441 g/mol. The van der Waals surface area contributed by atoms with Gasteiger partial charge in [-0.15, -0.1) is 0 Å². The number of nitrogens with zero attached hydrogens (tertiary/aromatic N) is 3. The number of carbonyl (C=O) groups excluding carboxylic acids is 2. The number of esters is 1. The van der Waals surface area contributed by atoms with E-state index in [-0.39, 0.29) is 16.3 Å². The molecule has 10 nitrogen and oxygen atoms in total. The van der Waals surface area contributed by atoms with Crippen LogP contribution in [0.15, 0.2) is 59.6 Å². The van der Waals surface area contributed by atoms with Crippen molar-refractivity contribution in [2.45, 2.75) is 4.90 Å². The highest BCUT2D eigenvalue weighted by molar-refractivity contribution is 7.89. The van der Waals surface area contributed by atoms with E-state index in [1.165, 1.54) is 10.9 Å². The summed E-state index contributed by atoms with van der Waals surface area (Å²) in [6.45, 7) is -0.813. The highest BCUT2D eigenvalue weighted by atomic mass is 32.2. The van der Waals surface area contributed by atoms with Gasteiger partial charge in [-0.1, -0.05) is 18.2 Å². The summed E-state index contributed by atoms with van der Waals surface area (Å²) in [4.78, 5) is 24.2. The van der Waals surface area contributed by atoms with Gasteiger partial charge in [0.2, 0.25) is 10.0 Å². The maximum absolute atomic E-state index is 14.0. The average Bonchev–Trinajstić information content (AvgIpc) is 3.20. The Balaban J connectivity index is 1.74. The van der Waals surface area contributed by atoms with Gasteiger partial charge < -0.3 is 10.1 Å². The Morgan fingerprint density at radius 1 is 1.22 bits per heavy atom. The molecule has 1 amide bonds. The van der Waals surface area contributed by atoms with Crippen LogP contribution in [0.3, 0.4) is 0 Å². The zero-order valence-corrected chi connectivity index (χ0v) is 17.4. The van der Waals surface area contributed by atoms with Crippen LogP contribution in [0.4, 0.5) is 10.2 Å². The molecule has 1 aromatic heterocycles. The number of nitriles is 1. The van der Waals surface area contributed by atoms with E-state index in [0.29, 0.717) is 5.69 Å². The molecule has 32 heavy (non-hydrogen) atoms. The summed E-state index contributed by atoms with van der Waals surface area (Å²) in [5.41, 5.74) is -0.00311. The Hall–Kier alpha value is -4.08. The summed E-state index contributed by atoms with van der Waals surface area (Å²) < 4.78 is 45.9. The molecule has 0 fully saturated rings. The van der Waals surface area contributed by atoms with E-state index in [0.717, 1.165) is 25.2 Å². The van der Waals surface area contributed by atoms with Crippen molar-refractivity contribution in [3.63, 3.8) is 0 Å². The number of aromatic nitrogens is 2. The molecule has 0 atom stereocenters. The van der Waals surface area contributed by atoms with Gasteiger partial charge in [-0.3, -0.25) is 4.79 Å². The van der Waals surface area contributed by atoms with Gasteiger partial charge >= 0.3 is 5.97 Å². The predicted molar refractivity (Wildman–Crippen MR) is 110 cm³/mol. The molecule has 3 aromatic rings. The topological polar surface area (TPSA) is 143 Å². The van der Waals surface area contributed by atoms with E-state index in [2.05, 4.69) is 10.4 Å². The minimum atomic E-state index is -3.92. The Labute approximate surface area is 182 Å². The lowest BCUT2D eigenvalue weighted by Crippen LogP contribution is -2.23. The van der Waals surface area contributed by atoms with Crippen molar-refractivity contribution in [1.82, 2.24) is 14.5 Å². The van der Waals surface area contributed by atoms with Gasteiger partial charge in [0.05, 0.1) is 22.3 Å². The molecule has 1 heterocycles. The normalized spacial score (nSPS) is 10.9. The second-order valence-electron chi connectivity index (χ2n) is 6.24. The Kier molecular flexibility index (Phi) is 6.62. The van der Waals surface area contributed by atoms with Crippen LogP contribution in [0.25, 0.3) is 5.69 Å². The number of sulfonamides is 1. The van der Waals surface area contributed by atoms with Crippen LogP contribution < -0.4 is 10.0 Å². The molecule has 164 valence electrons. The number of ether oxygens (including phenoxy) is 1. The molecule has 0 bridgehead atoms. The summed E-state index contributed by atoms with van der Waals surface area (Å²) >= 11 is 0. The lowest BCUT2D eigenvalue weighted by molar-refractivity contribution is -0.119. The zero-order chi connectivity index (χ0) is 23.3. The minimum absolute atomic E-state index is 0.0630. The maximum Gasteiger partial charge on any atom is 0.341 e. The fourth-order valence-electron chi connectivity index (χ4n) is 2.64. The molecule has 2 N–H and O–H groups in total. The lowest BCUT2D eigenvalue weighted by atomic mass is 10.2. The molecule has 0 aliphatic rings. The first kappa shape index (κ1) is 22.6. The Morgan fingerprint density at radius 3 is 2.59 bits per heavy atom. The van der Waals surface area contributed by atoms with Crippen LogP contribution in [0.2, 0.25) is 0 Å². The van der Waals surface area contributed by atoms with Gasteiger partial charge in [0.1, 0.15) is 17.4 Å². The third-order valence-corrected chi connectivity index (χ3v) is 5.63. The third-order valence-electron chi connectivity index (χ3n) is 4.22. The number of amides is 1. The van der Waals surface area contributed by atoms with Crippen molar-refractivity contribution in [2.75, 3.05) is 19.0 Å². The number of anilines is 1. The smallest absolute Gasteiger partial charge is 0.341 e. The third kappa shape index (κ3) is 4.80. The number of hydrogen-bond acceptors (Lipinski definition) is 7. The van der Waals surface area contributed by atoms with Crippen LogP contribution in [0.5, 0.6) is 0 Å². The molecule has 0 saturated heterocycles. The van der Waals surface area contributed by atoms with Crippen LogP contribution in [0, 0.1) is 17.1 Å². The first-order valence-electron chi connectivity index (χ1n) is 9.00. The Morgan fingerprint density at radius 2 is 1.94 bits per heavy atom. The van der Waals surface area contributed by atoms with E-state index in [9.17, 15) is 27.7 Å². The van der Waals surface area contributed by atoms with E-state index < -0.39 is 39.9 Å². The van der Waals surface area contributed by atoms with Crippen LogP contribution in [-0.2, 0) is 19.6 Å². The van der Waals surface area contributed by atoms with Crippen molar-refractivity contribution in [1.29, 1.82) is 5.26 Å². The summed E-state index contributed by atoms with van der Waals surface area (Å²) in [6.07, 6.45) is 1.26. The van der Waals surface area contributed by atoms with E-state index in [4.69, 9.17) is 4.74 Å². The first-order chi connectivity index (χ1) is 15.3. The van der Waals surface area contributed by atoms with E-state index in [1.807, 2.05) is 10.8 Å². The summed E-state index contributed by atoms with van der Waals surface area (Å²) in [5.74, 6) is -3.00. The molecule has 2 aromatic carbocycles. The number of carbonyl (C=O) groups is 2. The van der Waals surface area contributed by atoms with Gasteiger partial charge in [0.25, 0.3) is 5.91 Å². The minimum Gasteiger partial charge on any atom is -0.452 e. The lowest BCUT2D eigenvalue weighted by Gasteiger charge is -2.10. The van der Waals surface area contributed by atoms with Crippen LogP contribution in [-0.4, -0.2) is 43.7 Å². The quantitative estimate of drug-likeness (QED) is 0.513. The van der Waals surface area contributed by atoms with Crippen molar-refractivity contribution in [3.8, 4) is 11.8 Å². The SMILES string of the molecule is CNS(=O)(=O)c1ccc(F)c(C(=O)OCC(=O)Nc2c(C#N)cnn2-c2ccccc2)c1. The van der Waals surface area contributed by atoms with Crippen molar-refractivity contribution < 1.29 is 27.1 Å². The second-order valence-corrected chi connectivity index (χ2v) is 8.13. The number of hydrogen-bond donors (Lipinski definition) is 2. The molecule has 0 aliphatic heterocycles. The zero-order valence-electron chi connectivity index (χ0n) is 16.6. The monoisotopic (exact) mass is 457 g/mol. The average molecular weight is 457 g/mol. The van der Waals surface area contributed by atoms with Gasteiger partial charge in [-0.2, -0.15) is 10.4 Å². The molecule has 0 unspecified atom stereocenters. The van der Waals surface area contributed by atoms with Crippen molar-refractivity contribution >= 4 is 27.7 Å². The van der Waals surface area contributed by atoms with Crippen LogP contribution in [0.1, 0.15) is 15.9 Å². The summed E-state index contributed by atoms with van der Waals surface area (Å²) in [6, 6.07) is 13.2. The molecule has 0 spiro atoms. The van der Waals surface area contributed by atoms with Crippen molar-refractivity contribution in [3.05, 3.63) is 71.7 Å². The first-order valence-corrected chi connectivity index (χ1v) is 10.5. The molecule has 0 saturated carbocycles. The van der Waals surface area contributed by atoms with Crippen molar-refractivity contribution in [2.24, 2.45) is 0 Å². The molecule has 0 aliphatic carbocycles. The van der Waals surface area contributed by atoms with Gasteiger partial charge in [0.15, 0.2) is 12.4 Å². The number of nitrogens with one attached hydrogen (secondary N) is 2. The molecule has 3 rings (SSSR count). The van der Waals surface area contributed by atoms with E-state index >= 15 is 0 Å². The van der Waals surface area contributed by atoms with E-state index in [1.54, 1.807) is 30.3 Å². The van der Waals surface area contributed by atoms with Crippen LogP contribution >= 0.6 is 0 Å². The fourth-order valence-corrected chi connectivity index (χ4v) is 3.39. The highest BCUT2D eigenvalue weighted by Crippen LogP contribution is 2.20. The fraction of sp³-hybridized carbons (Fsp3) is 0.100. The predicted octanol–water partition coefficient (Wildman–Crippen LogP) is 1.59. The summed E-state index contributed by atoms with van der Waals surface area (Å²) in [7, 11) is -2.76. The second kappa shape index (κ2) is 9.38. The number of benzene rings is 2. The molecular formula is C20H16FN5O5S. The maximum atomic E-state index is 14.0. The molecule has 12 heteroatoms. The van der Waals surface area contributed by atoms with Gasteiger partial charge in [-0.25, -0.2) is 27.0 Å². The number of rotatable bonds is 7. The standard InChI is InChI=1S/C20H16FN5O5S/c1-23-32(29,30)15-7-8-17(21)16(9-15)20(28)31-12-18(27)25-19-13(10-22)11-24-26(19)14-5-3-2-4-6-14/h2-9,11,23H,12H2,1H3,(H,25,27). The number of para-hydroxylation sites is 1. The Bertz CT molecular complexity index is 1320. The highest BCUT2D eigenvalue weighted by Gasteiger charge is 2.21. The summed E-state index contributed by atoms with van der Waals surface area (Å²) in [5, 5.41) is 15.8. The largest absolute Gasteiger partial charge is 0.452 e. The van der Waals surface area contributed by atoms with Gasteiger partial charge in [0, 0.05) is 0 Å². The number of halogens is 1. The van der Waals surface area contributed by atoms with Gasteiger partial charge in [-0.05, 0) is 37.4 Å².